The zero-order valence-corrected chi connectivity index (χ0v) is 12.5. The Hall–Kier alpha value is -0.860. The lowest BCUT2D eigenvalue weighted by molar-refractivity contribution is -0.137. The van der Waals surface area contributed by atoms with Crippen molar-refractivity contribution < 1.29 is 9.59 Å². The second-order valence-electron chi connectivity index (χ2n) is 7.30. The molecule has 1 saturated heterocycles. The summed E-state index contributed by atoms with van der Waals surface area (Å²) < 4.78 is 0. The van der Waals surface area contributed by atoms with E-state index in [1.807, 2.05) is 4.90 Å². The number of nitrogens with zero attached hydrogens (tertiary/aromatic N) is 1. The summed E-state index contributed by atoms with van der Waals surface area (Å²) in [5, 5.41) is 0. The van der Waals surface area contributed by atoms with Crippen molar-refractivity contribution in [3.8, 4) is 0 Å². The first-order chi connectivity index (χ1) is 8.11. The third kappa shape index (κ3) is 4.79. The minimum atomic E-state index is -0.0361. The van der Waals surface area contributed by atoms with Crippen molar-refractivity contribution >= 4 is 11.7 Å². The molecule has 104 valence electrons. The number of amides is 1. The van der Waals surface area contributed by atoms with Gasteiger partial charge in [-0.3, -0.25) is 4.79 Å². The van der Waals surface area contributed by atoms with E-state index in [4.69, 9.17) is 0 Å². The molecule has 0 aromatic carbocycles. The predicted molar refractivity (Wildman–Crippen MR) is 73.3 cm³/mol. The Balaban J connectivity index is 2.51. The molecule has 1 aliphatic rings. The summed E-state index contributed by atoms with van der Waals surface area (Å²) in [6.07, 6.45) is 3.23. The largest absolute Gasteiger partial charge is 0.343 e. The van der Waals surface area contributed by atoms with E-state index in [-0.39, 0.29) is 22.5 Å². The van der Waals surface area contributed by atoms with Gasteiger partial charge in [-0.25, -0.2) is 0 Å². The van der Waals surface area contributed by atoms with E-state index in [1.54, 1.807) is 6.92 Å². The van der Waals surface area contributed by atoms with Gasteiger partial charge in [0.2, 0.25) is 5.91 Å². The summed E-state index contributed by atoms with van der Waals surface area (Å²) in [5.41, 5.74) is -0.0593. The molecule has 0 saturated carbocycles. The fourth-order valence-corrected chi connectivity index (χ4v) is 3.18. The molecule has 0 unspecified atom stereocenters. The summed E-state index contributed by atoms with van der Waals surface area (Å²) in [7, 11) is 0. The maximum absolute atomic E-state index is 12.0. The highest BCUT2D eigenvalue weighted by Crippen LogP contribution is 2.39. The number of carbonyl (C=O) groups excluding carboxylic acids is 2. The van der Waals surface area contributed by atoms with Crippen molar-refractivity contribution in [1.82, 2.24) is 4.90 Å². The Morgan fingerprint density at radius 1 is 1.00 bits per heavy atom. The normalized spacial score (nSPS) is 16.4. The van der Waals surface area contributed by atoms with Crippen LogP contribution in [0.1, 0.15) is 60.3 Å². The SMILES string of the molecule is CC(=O)CC(C)(C)CC(C)(C)CC(=O)N1CCC1. The van der Waals surface area contributed by atoms with Gasteiger partial charge < -0.3 is 9.69 Å². The molecule has 0 bridgehead atoms. The molecule has 18 heavy (non-hydrogen) atoms. The Labute approximate surface area is 111 Å². The van der Waals surface area contributed by atoms with Crippen LogP contribution in [0.15, 0.2) is 0 Å². The van der Waals surface area contributed by atoms with E-state index in [0.29, 0.717) is 12.8 Å². The van der Waals surface area contributed by atoms with Crippen LogP contribution in [-0.2, 0) is 9.59 Å². The first-order valence-electron chi connectivity index (χ1n) is 6.89. The first kappa shape index (κ1) is 15.2. The van der Waals surface area contributed by atoms with Crippen molar-refractivity contribution in [3.05, 3.63) is 0 Å². The minimum absolute atomic E-state index is 0.0233. The Morgan fingerprint density at radius 2 is 1.50 bits per heavy atom. The molecule has 0 radical (unpaired) electrons. The Bertz CT molecular complexity index is 327. The second kappa shape index (κ2) is 5.41. The molecule has 0 aromatic rings. The van der Waals surface area contributed by atoms with Gasteiger partial charge in [-0.05, 0) is 30.6 Å². The van der Waals surface area contributed by atoms with Crippen LogP contribution in [0, 0.1) is 10.8 Å². The lowest BCUT2D eigenvalue weighted by Crippen LogP contribution is -2.44. The van der Waals surface area contributed by atoms with Crippen LogP contribution >= 0.6 is 0 Å². The molecule has 1 amide bonds. The predicted octanol–water partition coefficient (Wildman–Crippen LogP) is 3.03. The molecule has 3 nitrogen and oxygen atoms in total. The summed E-state index contributed by atoms with van der Waals surface area (Å²) in [6, 6.07) is 0. The molecule has 1 rings (SSSR count). The molecule has 0 spiro atoms. The molecule has 1 aliphatic heterocycles. The highest BCUT2D eigenvalue weighted by Gasteiger charge is 2.33. The molecule has 1 heterocycles. The van der Waals surface area contributed by atoms with Crippen LogP contribution in [-0.4, -0.2) is 29.7 Å². The topological polar surface area (TPSA) is 37.4 Å². The third-order valence-electron chi connectivity index (χ3n) is 3.52. The Morgan fingerprint density at radius 3 is 1.89 bits per heavy atom. The molecule has 0 aromatic heterocycles. The number of hydrogen-bond acceptors (Lipinski definition) is 2. The van der Waals surface area contributed by atoms with Crippen LogP contribution in [0.4, 0.5) is 0 Å². The number of Topliss-reactive ketones (excluding diaryl/α,β-unsaturated/α-hetero) is 1. The van der Waals surface area contributed by atoms with E-state index in [0.717, 1.165) is 25.9 Å². The van der Waals surface area contributed by atoms with Crippen molar-refractivity contribution in [1.29, 1.82) is 0 Å². The van der Waals surface area contributed by atoms with Crippen LogP contribution in [0.5, 0.6) is 0 Å². The van der Waals surface area contributed by atoms with Crippen molar-refractivity contribution in [2.24, 2.45) is 10.8 Å². The zero-order chi connectivity index (χ0) is 14.0. The van der Waals surface area contributed by atoms with E-state index in [9.17, 15) is 9.59 Å². The quantitative estimate of drug-likeness (QED) is 0.729. The summed E-state index contributed by atoms with van der Waals surface area (Å²) >= 11 is 0. The highest BCUT2D eigenvalue weighted by atomic mass is 16.2. The molecule has 1 fully saturated rings. The molecular formula is C15H27NO2. The monoisotopic (exact) mass is 253 g/mol. The Kier molecular flexibility index (Phi) is 4.57. The average molecular weight is 253 g/mol. The first-order valence-corrected chi connectivity index (χ1v) is 6.89. The average Bonchev–Trinajstić information content (AvgIpc) is 1.90. The molecule has 3 heteroatoms. The fourth-order valence-electron chi connectivity index (χ4n) is 3.18. The molecular weight excluding hydrogens is 226 g/mol. The number of rotatable bonds is 6. The van der Waals surface area contributed by atoms with Crippen LogP contribution in [0.25, 0.3) is 0 Å². The fraction of sp³-hybridized carbons (Fsp3) is 0.867. The number of likely N-dealkylation sites (tertiary alicyclic amines) is 1. The number of ketones is 1. The smallest absolute Gasteiger partial charge is 0.223 e. The zero-order valence-electron chi connectivity index (χ0n) is 12.5. The van der Waals surface area contributed by atoms with Crippen LogP contribution in [0.2, 0.25) is 0 Å². The minimum Gasteiger partial charge on any atom is -0.343 e. The number of hydrogen-bond donors (Lipinski definition) is 0. The molecule has 0 atom stereocenters. The van der Waals surface area contributed by atoms with Gasteiger partial charge in [-0.1, -0.05) is 27.7 Å². The van der Waals surface area contributed by atoms with Gasteiger partial charge in [0.15, 0.2) is 0 Å². The molecule has 0 aliphatic carbocycles. The van der Waals surface area contributed by atoms with Crippen molar-refractivity contribution in [2.45, 2.75) is 60.3 Å². The summed E-state index contributed by atoms with van der Waals surface area (Å²) in [6.45, 7) is 12.0. The summed E-state index contributed by atoms with van der Waals surface area (Å²) in [4.78, 5) is 25.2. The van der Waals surface area contributed by atoms with Crippen LogP contribution < -0.4 is 0 Å². The van der Waals surface area contributed by atoms with Gasteiger partial charge in [0, 0.05) is 25.9 Å². The van der Waals surface area contributed by atoms with Gasteiger partial charge in [0.05, 0.1) is 0 Å². The lowest BCUT2D eigenvalue weighted by atomic mass is 9.71. The standard InChI is InChI=1S/C15H27NO2/c1-12(17)9-14(2,3)11-15(4,5)10-13(18)16-7-6-8-16/h6-11H2,1-5H3. The van der Waals surface area contributed by atoms with Gasteiger partial charge in [0.1, 0.15) is 5.78 Å². The van der Waals surface area contributed by atoms with Gasteiger partial charge in [-0.15, -0.1) is 0 Å². The van der Waals surface area contributed by atoms with Crippen molar-refractivity contribution in [3.63, 3.8) is 0 Å². The maximum atomic E-state index is 12.0. The number of carbonyl (C=O) groups is 2. The second-order valence-corrected chi connectivity index (χ2v) is 7.30. The van der Waals surface area contributed by atoms with Gasteiger partial charge in [-0.2, -0.15) is 0 Å². The third-order valence-corrected chi connectivity index (χ3v) is 3.52. The van der Waals surface area contributed by atoms with Crippen LogP contribution in [0.3, 0.4) is 0 Å². The van der Waals surface area contributed by atoms with Gasteiger partial charge in [0.25, 0.3) is 0 Å². The lowest BCUT2D eigenvalue weighted by Gasteiger charge is -2.37. The van der Waals surface area contributed by atoms with Crippen molar-refractivity contribution in [2.75, 3.05) is 13.1 Å². The van der Waals surface area contributed by atoms with E-state index in [1.165, 1.54) is 0 Å². The maximum Gasteiger partial charge on any atom is 0.223 e. The summed E-state index contributed by atoms with van der Waals surface area (Å²) in [5.74, 6) is 0.495. The van der Waals surface area contributed by atoms with E-state index in [2.05, 4.69) is 27.7 Å². The van der Waals surface area contributed by atoms with E-state index >= 15 is 0 Å². The van der Waals surface area contributed by atoms with E-state index < -0.39 is 0 Å². The molecule has 0 N–H and O–H groups in total. The highest BCUT2D eigenvalue weighted by molar-refractivity contribution is 5.77. The van der Waals surface area contributed by atoms with Gasteiger partial charge >= 0.3 is 0 Å².